The molecular weight excluding hydrogens is 256 g/mol. The molecular formula is C16H21ClN2. The van der Waals surface area contributed by atoms with E-state index in [-0.39, 0.29) is 17.5 Å². The largest absolute Gasteiger partial charge is 0.306 e. The van der Waals surface area contributed by atoms with Crippen molar-refractivity contribution in [2.24, 2.45) is 5.41 Å². The minimum Gasteiger partial charge on any atom is -0.306 e. The van der Waals surface area contributed by atoms with Gasteiger partial charge in [-0.05, 0) is 41.5 Å². The topological polar surface area (TPSA) is 35.8 Å². The van der Waals surface area contributed by atoms with Gasteiger partial charge < -0.3 is 5.32 Å². The third-order valence-corrected chi connectivity index (χ3v) is 4.31. The summed E-state index contributed by atoms with van der Waals surface area (Å²) in [7, 11) is 0. The van der Waals surface area contributed by atoms with Crippen LogP contribution in [0.15, 0.2) is 18.2 Å². The number of nitrogens with zero attached hydrogens (tertiary/aromatic N) is 1. The molecule has 0 saturated carbocycles. The molecule has 0 aliphatic heterocycles. The van der Waals surface area contributed by atoms with Gasteiger partial charge in [-0.25, -0.2) is 0 Å². The van der Waals surface area contributed by atoms with Crippen molar-refractivity contribution in [3.05, 3.63) is 34.3 Å². The Bertz CT molecular complexity index is 502. The minimum absolute atomic E-state index is 0.163. The molecule has 1 N–H and O–H groups in total. The zero-order valence-corrected chi connectivity index (χ0v) is 12.6. The Morgan fingerprint density at radius 2 is 2.26 bits per heavy atom. The van der Waals surface area contributed by atoms with Crippen LogP contribution < -0.4 is 5.32 Å². The van der Waals surface area contributed by atoms with Crippen molar-refractivity contribution >= 4 is 11.6 Å². The fraction of sp³-hybridized carbons (Fsp3) is 0.562. The molecule has 2 rings (SSSR count). The van der Waals surface area contributed by atoms with E-state index in [2.05, 4.69) is 44.3 Å². The Hall–Kier alpha value is -1.04. The number of benzene rings is 1. The molecule has 0 saturated heterocycles. The molecule has 1 aromatic carbocycles. The van der Waals surface area contributed by atoms with E-state index in [0.717, 1.165) is 17.9 Å². The Labute approximate surface area is 120 Å². The number of hydrogen-bond acceptors (Lipinski definition) is 2. The lowest BCUT2D eigenvalue weighted by Gasteiger charge is -2.31. The van der Waals surface area contributed by atoms with E-state index >= 15 is 0 Å². The van der Waals surface area contributed by atoms with Gasteiger partial charge in [-0.1, -0.05) is 38.4 Å². The first-order valence-corrected chi connectivity index (χ1v) is 7.27. The molecule has 2 nitrogen and oxygen atoms in total. The van der Waals surface area contributed by atoms with Crippen molar-refractivity contribution in [1.82, 2.24) is 5.32 Å². The summed E-state index contributed by atoms with van der Waals surface area (Å²) < 4.78 is 0. The van der Waals surface area contributed by atoms with Crippen LogP contribution in [0.25, 0.3) is 0 Å². The van der Waals surface area contributed by atoms with Gasteiger partial charge >= 0.3 is 0 Å². The van der Waals surface area contributed by atoms with Crippen LogP contribution in [0.1, 0.15) is 50.8 Å². The molecule has 2 unspecified atom stereocenters. The Morgan fingerprint density at radius 1 is 1.53 bits per heavy atom. The normalized spacial score (nSPS) is 21.7. The zero-order chi connectivity index (χ0) is 14.0. The molecule has 1 aliphatic carbocycles. The number of halogens is 1. The maximum Gasteiger partial charge on any atom is 0.0638 e. The molecule has 2 atom stereocenters. The van der Waals surface area contributed by atoms with E-state index in [9.17, 15) is 0 Å². The average Bonchev–Trinajstić information content (AvgIpc) is 2.60. The van der Waals surface area contributed by atoms with Gasteiger partial charge in [-0.2, -0.15) is 5.26 Å². The van der Waals surface area contributed by atoms with E-state index in [1.807, 2.05) is 6.07 Å². The summed E-state index contributed by atoms with van der Waals surface area (Å²) >= 11 is 6.13. The van der Waals surface area contributed by atoms with Crippen molar-refractivity contribution < 1.29 is 0 Å². The van der Waals surface area contributed by atoms with Gasteiger partial charge in [-0.15, -0.1) is 0 Å². The molecule has 19 heavy (non-hydrogen) atoms. The summed E-state index contributed by atoms with van der Waals surface area (Å²) in [6, 6.07) is 8.96. The number of nitrogens with one attached hydrogen (secondary N) is 1. The standard InChI is InChI=1S/C16H21ClN2/c1-4-13(7-8-18)19-15-14-9-12(17)6-5-11(14)10-16(15,2)3/h5-6,9,13,15,19H,4,7,10H2,1-3H3. The lowest BCUT2D eigenvalue weighted by Crippen LogP contribution is -2.38. The van der Waals surface area contributed by atoms with Gasteiger partial charge in [0.1, 0.15) is 0 Å². The Balaban J connectivity index is 2.28. The molecule has 3 heteroatoms. The van der Waals surface area contributed by atoms with Crippen LogP contribution in [0, 0.1) is 16.7 Å². The van der Waals surface area contributed by atoms with Crippen LogP contribution in [0.5, 0.6) is 0 Å². The van der Waals surface area contributed by atoms with Gasteiger partial charge in [0.05, 0.1) is 12.5 Å². The van der Waals surface area contributed by atoms with Crippen LogP contribution >= 0.6 is 11.6 Å². The highest BCUT2D eigenvalue weighted by Gasteiger charge is 2.39. The summed E-state index contributed by atoms with van der Waals surface area (Å²) in [5, 5.41) is 13.3. The third kappa shape index (κ3) is 2.94. The highest BCUT2D eigenvalue weighted by Crippen LogP contribution is 2.46. The van der Waals surface area contributed by atoms with Crippen molar-refractivity contribution in [2.75, 3.05) is 0 Å². The first kappa shape index (κ1) is 14.4. The predicted molar refractivity (Wildman–Crippen MR) is 79.1 cm³/mol. The van der Waals surface area contributed by atoms with Gasteiger partial charge in [0.15, 0.2) is 0 Å². The van der Waals surface area contributed by atoms with Gasteiger partial charge in [0, 0.05) is 17.1 Å². The van der Waals surface area contributed by atoms with Crippen molar-refractivity contribution in [3.63, 3.8) is 0 Å². The average molecular weight is 277 g/mol. The van der Waals surface area contributed by atoms with Crippen LogP contribution in [0.2, 0.25) is 5.02 Å². The van der Waals surface area contributed by atoms with Crippen molar-refractivity contribution in [2.45, 2.75) is 52.1 Å². The molecule has 0 heterocycles. The molecule has 0 spiro atoms. The van der Waals surface area contributed by atoms with Crippen LogP contribution in [0.3, 0.4) is 0 Å². The Morgan fingerprint density at radius 3 is 2.89 bits per heavy atom. The minimum atomic E-state index is 0.163. The molecule has 0 aromatic heterocycles. The molecule has 1 aliphatic rings. The molecule has 1 aromatic rings. The third-order valence-electron chi connectivity index (χ3n) is 4.08. The summed E-state index contributed by atoms with van der Waals surface area (Å²) in [5.41, 5.74) is 2.84. The van der Waals surface area contributed by atoms with Crippen molar-refractivity contribution in [1.29, 1.82) is 5.26 Å². The number of rotatable bonds is 4. The lowest BCUT2D eigenvalue weighted by atomic mass is 9.84. The quantitative estimate of drug-likeness (QED) is 0.893. The SMILES string of the molecule is CCC(CC#N)NC1c2cc(Cl)ccc2CC1(C)C. The first-order chi connectivity index (χ1) is 8.97. The van der Waals surface area contributed by atoms with E-state index in [1.165, 1.54) is 11.1 Å². The van der Waals surface area contributed by atoms with E-state index in [4.69, 9.17) is 16.9 Å². The number of hydrogen-bond donors (Lipinski definition) is 1. The maximum absolute atomic E-state index is 8.90. The first-order valence-electron chi connectivity index (χ1n) is 6.89. The van der Waals surface area contributed by atoms with Crippen LogP contribution in [-0.2, 0) is 6.42 Å². The molecule has 0 radical (unpaired) electrons. The van der Waals surface area contributed by atoms with Gasteiger partial charge in [0.2, 0.25) is 0 Å². The predicted octanol–water partition coefficient (Wildman–Crippen LogP) is 4.25. The number of fused-ring (bicyclic) bond motifs is 1. The second-order valence-corrected chi connectivity index (χ2v) is 6.51. The lowest BCUT2D eigenvalue weighted by molar-refractivity contribution is 0.245. The Kier molecular flexibility index (Phi) is 4.18. The summed E-state index contributed by atoms with van der Waals surface area (Å²) in [5.74, 6) is 0. The fourth-order valence-corrected chi connectivity index (χ4v) is 3.17. The molecule has 0 bridgehead atoms. The van der Waals surface area contributed by atoms with Gasteiger partial charge in [-0.3, -0.25) is 0 Å². The zero-order valence-electron chi connectivity index (χ0n) is 11.8. The van der Waals surface area contributed by atoms with E-state index in [0.29, 0.717) is 6.42 Å². The molecule has 0 amide bonds. The summed E-state index contributed by atoms with van der Waals surface area (Å²) in [6.07, 6.45) is 2.58. The monoisotopic (exact) mass is 276 g/mol. The highest BCUT2D eigenvalue weighted by molar-refractivity contribution is 6.30. The van der Waals surface area contributed by atoms with E-state index < -0.39 is 0 Å². The van der Waals surface area contributed by atoms with Crippen molar-refractivity contribution in [3.8, 4) is 6.07 Å². The molecule has 0 fully saturated rings. The van der Waals surface area contributed by atoms with Crippen LogP contribution in [0.4, 0.5) is 0 Å². The fourth-order valence-electron chi connectivity index (χ4n) is 2.99. The smallest absolute Gasteiger partial charge is 0.0638 e. The van der Waals surface area contributed by atoms with Gasteiger partial charge in [0.25, 0.3) is 0 Å². The maximum atomic E-state index is 8.90. The van der Waals surface area contributed by atoms with Crippen LogP contribution in [-0.4, -0.2) is 6.04 Å². The summed E-state index contributed by atoms with van der Waals surface area (Å²) in [4.78, 5) is 0. The molecule has 102 valence electrons. The second kappa shape index (κ2) is 5.53. The number of nitriles is 1. The highest BCUT2D eigenvalue weighted by atomic mass is 35.5. The second-order valence-electron chi connectivity index (χ2n) is 6.08. The van der Waals surface area contributed by atoms with E-state index in [1.54, 1.807) is 0 Å². The summed E-state index contributed by atoms with van der Waals surface area (Å²) in [6.45, 7) is 6.67.